The van der Waals surface area contributed by atoms with Crippen LogP contribution in [0.25, 0.3) is 0 Å². The first-order valence-electron chi connectivity index (χ1n) is 10.7. The molecule has 0 amide bonds. The van der Waals surface area contributed by atoms with Gasteiger partial charge in [0.25, 0.3) is 5.56 Å². The van der Waals surface area contributed by atoms with Gasteiger partial charge in [-0.2, -0.15) is 0 Å². The SMILES string of the molecule is COc1ccc(C(=O)c2nc(Cl)c(Cc3ccccc3)n(Cc3ccccc3OC)c2=O)cc1. The Labute approximate surface area is 202 Å². The Balaban J connectivity index is 1.84. The van der Waals surface area contributed by atoms with Gasteiger partial charge in [0.1, 0.15) is 16.7 Å². The number of hydrogen-bond acceptors (Lipinski definition) is 5. The Morgan fingerprint density at radius 2 is 1.59 bits per heavy atom. The summed E-state index contributed by atoms with van der Waals surface area (Å²) in [7, 11) is 3.12. The predicted octanol–water partition coefficient (Wildman–Crippen LogP) is 4.78. The predicted molar refractivity (Wildman–Crippen MR) is 131 cm³/mol. The van der Waals surface area contributed by atoms with Crippen molar-refractivity contribution >= 4 is 17.4 Å². The number of halogens is 1. The molecule has 0 N–H and O–H groups in total. The molecular formula is C27H23ClN2O4. The van der Waals surface area contributed by atoms with Crippen molar-refractivity contribution < 1.29 is 14.3 Å². The minimum atomic E-state index is -0.512. The lowest BCUT2D eigenvalue weighted by molar-refractivity contribution is 0.103. The molecule has 4 aromatic rings. The van der Waals surface area contributed by atoms with E-state index in [2.05, 4.69) is 4.98 Å². The molecule has 1 heterocycles. The highest BCUT2D eigenvalue weighted by Gasteiger charge is 2.22. The highest BCUT2D eigenvalue weighted by molar-refractivity contribution is 6.30. The summed E-state index contributed by atoms with van der Waals surface area (Å²) in [5.41, 5.74) is 1.85. The summed E-state index contributed by atoms with van der Waals surface area (Å²) in [4.78, 5) is 31.1. The second-order valence-electron chi connectivity index (χ2n) is 7.62. The fraction of sp³-hybridized carbons (Fsp3) is 0.148. The van der Waals surface area contributed by atoms with Gasteiger partial charge in [0.2, 0.25) is 5.78 Å². The van der Waals surface area contributed by atoms with E-state index in [0.29, 0.717) is 29.2 Å². The van der Waals surface area contributed by atoms with Crippen LogP contribution in [0.2, 0.25) is 5.15 Å². The molecule has 4 rings (SSSR count). The molecule has 0 atom stereocenters. The van der Waals surface area contributed by atoms with Crippen LogP contribution >= 0.6 is 11.6 Å². The number of nitrogens with zero attached hydrogens (tertiary/aromatic N) is 2. The Morgan fingerprint density at radius 3 is 2.26 bits per heavy atom. The molecule has 0 spiro atoms. The molecule has 0 saturated carbocycles. The molecular weight excluding hydrogens is 452 g/mol. The van der Waals surface area contributed by atoms with Gasteiger partial charge in [-0.1, -0.05) is 60.1 Å². The first-order chi connectivity index (χ1) is 16.5. The van der Waals surface area contributed by atoms with Gasteiger partial charge in [-0.3, -0.25) is 9.59 Å². The molecule has 1 aromatic heterocycles. The van der Waals surface area contributed by atoms with Gasteiger partial charge in [-0.25, -0.2) is 4.98 Å². The maximum Gasteiger partial charge on any atom is 0.281 e. The first-order valence-corrected chi connectivity index (χ1v) is 11.0. The van der Waals surface area contributed by atoms with Crippen LogP contribution in [0, 0.1) is 0 Å². The van der Waals surface area contributed by atoms with Gasteiger partial charge in [-0.15, -0.1) is 0 Å². The molecule has 0 aliphatic carbocycles. The van der Waals surface area contributed by atoms with E-state index in [1.807, 2.05) is 54.6 Å². The minimum Gasteiger partial charge on any atom is -0.497 e. The van der Waals surface area contributed by atoms with Crippen molar-refractivity contribution in [1.82, 2.24) is 9.55 Å². The zero-order valence-electron chi connectivity index (χ0n) is 18.8. The van der Waals surface area contributed by atoms with Crippen LogP contribution in [-0.4, -0.2) is 29.6 Å². The van der Waals surface area contributed by atoms with Crippen LogP contribution in [0.3, 0.4) is 0 Å². The van der Waals surface area contributed by atoms with Crippen LogP contribution in [0.15, 0.2) is 83.7 Å². The third kappa shape index (κ3) is 4.87. The van der Waals surface area contributed by atoms with Crippen molar-refractivity contribution in [3.8, 4) is 11.5 Å². The highest BCUT2D eigenvalue weighted by atomic mass is 35.5. The molecule has 7 heteroatoms. The summed E-state index contributed by atoms with van der Waals surface area (Å²) < 4.78 is 12.1. The molecule has 0 fully saturated rings. The van der Waals surface area contributed by atoms with Gasteiger partial charge in [0.15, 0.2) is 5.69 Å². The lowest BCUT2D eigenvalue weighted by Gasteiger charge is -2.17. The van der Waals surface area contributed by atoms with Gasteiger partial charge < -0.3 is 14.0 Å². The fourth-order valence-corrected chi connectivity index (χ4v) is 3.98. The number of methoxy groups -OCH3 is 2. The van der Waals surface area contributed by atoms with Crippen LogP contribution in [0.5, 0.6) is 11.5 Å². The van der Waals surface area contributed by atoms with Crippen molar-refractivity contribution in [3.63, 3.8) is 0 Å². The molecule has 0 saturated heterocycles. The van der Waals surface area contributed by atoms with Crippen LogP contribution in [0.1, 0.15) is 32.9 Å². The monoisotopic (exact) mass is 474 g/mol. The fourth-order valence-electron chi connectivity index (χ4n) is 3.73. The number of ketones is 1. The second-order valence-corrected chi connectivity index (χ2v) is 7.98. The molecule has 34 heavy (non-hydrogen) atoms. The number of para-hydroxylation sites is 1. The molecule has 0 unspecified atom stereocenters. The molecule has 6 nitrogen and oxygen atoms in total. The molecule has 172 valence electrons. The number of benzene rings is 3. The normalized spacial score (nSPS) is 10.7. The number of aromatic nitrogens is 2. The number of ether oxygens (including phenoxy) is 2. The van der Waals surface area contributed by atoms with Crippen LogP contribution in [0.4, 0.5) is 0 Å². The van der Waals surface area contributed by atoms with E-state index >= 15 is 0 Å². The Hall–Kier alpha value is -3.90. The van der Waals surface area contributed by atoms with E-state index in [9.17, 15) is 9.59 Å². The van der Waals surface area contributed by atoms with Crippen molar-refractivity contribution in [2.24, 2.45) is 0 Å². The summed E-state index contributed by atoms with van der Waals surface area (Å²) in [6, 6.07) is 23.6. The van der Waals surface area contributed by atoms with Gasteiger partial charge in [-0.05, 0) is 35.9 Å². The lowest BCUT2D eigenvalue weighted by Crippen LogP contribution is -2.32. The maximum absolute atomic E-state index is 13.6. The van der Waals surface area contributed by atoms with E-state index in [-0.39, 0.29) is 17.4 Å². The number of carbonyl (C=O) groups excluding carboxylic acids is 1. The number of hydrogen-bond donors (Lipinski definition) is 0. The molecule has 0 bridgehead atoms. The smallest absolute Gasteiger partial charge is 0.281 e. The number of rotatable bonds is 8. The quantitative estimate of drug-likeness (QED) is 0.343. The topological polar surface area (TPSA) is 70.4 Å². The third-order valence-corrected chi connectivity index (χ3v) is 5.83. The molecule has 0 radical (unpaired) electrons. The number of carbonyl (C=O) groups is 1. The minimum absolute atomic E-state index is 0.107. The van der Waals surface area contributed by atoms with E-state index in [1.54, 1.807) is 38.5 Å². The molecule has 3 aromatic carbocycles. The second kappa shape index (κ2) is 10.4. The maximum atomic E-state index is 13.6. The average Bonchev–Trinajstić information content (AvgIpc) is 2.88. The summed E-state index contributed by atoms with van der Waals surface area (Å²) >= 11 is 6.60. The Kier molecular flexibility index (Phi) is 7.09. The van der Waals surface area contributed by atoms with E-state index in [0.717, 1.165) is 11.1 Å². The summed E-state index contributed by atoms with van der Waals surface area (Å²) in [5, 5.41) is 0.107. The van der Waals surface area contributed by atoms with Crippen molar-refractivity contribution in [2.45, 2.75) is 13.0 Å². The van der Waals surface area contributed by atoms with Gasteiger partial charge >= 0.3 is 0 Å². The summed E-state index contributed by atoms with van der Waals surface area (Å²) in [6.07, 6.45) is 0.383. The zero-order valence-corrected chi connectivity index (χ0v) is 19.6. The summed E-state index contributed by atoms with van der Waals surface area (Å²) in [5.74, 6) is 0.736. The lowest BCUT2D eigenvalue weighted by atomic mass is 10.1. The zero-order chi connectivity index (χ0) is 24.1. The largest absolute Gasteiger partial charge is 0.497 e. The van der Waals surface area contributed by atoms with E-state index < -0.39 is 11.3 Å². The highest BCUT2D eigenvalue weighted by Crippen LogP contribution is 2.23. The molecule has 0 aliphatic heterocycles. The van der Waals surface area contributed by atoms with Crippen LogP contribution < -0.4 is 15.0 Å². The Morgan fingerprint density at radius 1 is 0.912 bits per heavy atom. The first kappa shape index (κ1) is 23.3. The Bertz CT molecular complexity index is 1370. The van der Waals surface area contributed by atoms with Crippen molar-refractivity contribution in [3.05, 3.63) is 122 Å². The van der Waals surface area contributed by atoms with Crippen LogP contribution in [-0.2, 0) is 13.0 Å². The summed E-state index contributed by atoms with van der Waals surface area (Å²) in [6.45, 7) is 0.177. The van der Waals surface area contributed by atoms with E-state index in [1.165, 1.54) is 4.57 Å². The van der Waals surface area contributed by atoms with Gasteiger partial charge in [0, 0.05) is 17.5 Å². The van der Waals surface area contributed by atoms with Crippen molar-refractivity contribution in [1.29, 1.82) is 0 Å². The average molecular weight is 475 g/mol. The third-order valence-electron chi connectivity index (χ3n) is 5.52. The van der Waals surface area contributed by atoms with Crippen molar-refractivity contribution in [2.75, 3.05) is 14.2 Å². The molecule has 0 aliphatic rings. The van der Waals surface area contributed by atoms with Gasteiger partial charge in [0.05, 0.1) is 26.5 Å². The van der Waals surface area contributed by atoms with E-state index in [4.69, 9.17) is 21.1 Å². The standard InChI is InChI=1S/C27H23ClN2O4/c1-33-21-14-12-19(13-15-21)25(31)24-27(32)30(17-20-10-6-7-11-23(20)34-2)22(26(28)29-24)16-18-8-4-3-5-9-18/h3-15H,16-17H2,1-2H3.